The van der Waals surface area contributed by atoms with Crippen molar-refractivity contribution in [1.29, 1.82) is 0 Å². The summed E-state index contributed by atoms with van der Waals surface area (Å²) in [4.78, 5) is 4.01. The third kappa shape index (κ3) is 3.32. The van der Waals surface area contributed by atoms with Crippen molar-refractivity contribution in [3.05, 3.63) is 48.5 Å². The highest BCUT2D eigenvalue weighted by molar-refractivity contribution is 6.18. The van der Waals surface area contributed by atoms with Gasteiger partial charge in [-0.3, -0.25) is 0 Å². The topological polar surface area (TPSA) is 38.0 Å². The largest absolute Gasteiger partial charge is 0.392 e. The number of hydrogen-bond acceptors (Lipinski definition) is 2. The number of benzene rings is 1. The van der Waals surface area contributed by atoms with Gasteiger partial charge in [-0.05, 0) is 30.5 Å². The first-order chi connectivity index (χ1) is 8.29. The molecular formula is C13H15ClN2O. The molecule has 1 aromatic heterocycles. The number of imidazole rings is 1. The minimum Gasteiger partial charge on any atom is -0.392 e. The Labute approximate surface area is 106 Å². The minimum atomic E-state index is -0.412. The van der Waals surface area contributed by atoms with Crippen molar-refractivity contribution in [2.24, 2.45) is 0 Å². The third-order valence-electron chi connectivity index (χ3n) is 2.68. The number of aromatic nitrogens is 2. The zero-order chi connectivity index (χ0) is 12.1. The number of nitrogens with zero attached hydrogens (tertiary/aromatic N) is 2. The van der Waals surface area contributed by atoms with E-state index in [-0.39, 0.29) is 0 Å². The summed E-state index contributed by atoms with van der Waals surface area (Å²) < 4.78 is 1.96. The maximum Gasteiger partial charge on any atom is 0.0991 e. The van der Waals surface area contributed by atoms with E-state index in [0.29, 0.717) is 12.3 Å². The number of hydrogen-bond donors (Lipinski definition) is 1. The third-order valence-corrected chi connectivity index (χ3v) is 3.04. The summed E-state index contributed by atoms with van der Waals surface area (Å²) in [5.74, 6) is 0.299. The highest BCUT2D eigenvalue weighted by Crippen LogP contribution is 2.11. The predicted molar refractivity (Wildman–Crippen MR) is 68.6 cm³/mol. The molecule has 4 heteroatoms. The first kappa shape index (κ1) is 12.1. The van der Waals surface area contributed by atoms with Crippen molar-refractivity contribution >= 4 is 11.6 Å². The van der Waals surface area contributed by atoms with Crippen LogP contribution in [0.2, 0.25) is 0 Å². The maximum absolute atomic E-state index is 9.38. The Morgan fingerprint density at radius 1 is 1.29 bits per heavy atom. The smallest absolute Gasteiger partial charge is 0.0991 e. The molecule has 0 spiro atoms. The molecule has 2 rings (SSSR count). The van der Waals surface area contributed by atoms with Crippen LogP contribution in [0.25, 0.3) is 5.69 Å². The lowest BCUT2D eigenvalue weighted by atomic mass is 10.1. The van der Waals surface area contributed by atoms with Crippen LogP contribution >= 0.6 is 11.6 Å². The van der Waals surface area contributed by atoms with Crippen LogP contribution in [0.1, 0.15) is 12.0 Å². The summed E-state index contributed by atoms with van der Waals surface area (Å²) >= 11 is 5.55. The number of aliphatic hydroxyl groups excluding tert-OH is 1. The van der Waals surface area contributed by atoms with Gasteiger partial charge in [0, 0.05) is 24.0 Å². The monoisotopic (exact) mass is 250 g/mol. The molecule has 1 unspecified atom stereocenters. The summed E-state index contributed by atoms with van der Waals surface area (Å²) in [5.41, 5.74) is 2.29. The van der Waals surface area contributed by atoms with Crippen molar-refractivity contribution in [1.82, 2.24) is 9.55 Å². The fourth-order valence-corrected chi connectivity index (χ4v) is 1.81. The molecule has 17 heavy (non-hydrogen) atoms. The SMILES string of the molecule is OC(CCl)CCc1ccc(-n2ccnc2)cc1. The van der Waals surface area contributed by atoms with Crippen LogP contribution in [0.15, 0.2) is 43.0 Å². The van der Waals surface area contributed by atoms with E-state index in [9.17, 15) is 5.11 Å². The molecule has 1 heterocycles. The second-order valence-electron chi connectivity index (χ2n) is 3.98. The molecule has 1 aromatic carbocycles. The lowest BCUT2D eigenvalue weighted by Gasteiger charge is -2.07. The molecular weight excluding hydrogens is 236 g/mol. The zero-order valence-electron chi connectivity index (χ0n) is 9.46. The van der Waals surface area contributed by atoms with E-state index in [1.54, 1.807) is 12.5 Å². The Balaban J connectivity index is 1.99. The van der Waals surface area contributed by atoms with Crippen molar-refractivity contribution < 1.29 is 5.11 Å². The van der Waals surface area contributed by atoms with E-state index in [4.69, 9.17) is 11.6 Å². The van der Waals surface area contributed by atoms with Crippen molar-refractivity contribution in [3.63, 3.8) is 0 Å². The standard InChI is InChI=1S/C13H15ClN2O/c14-9-13(17)6-3-11-1-4-12(5-2-11)16-8-7-15-10-16/h1-2,4-5,7-8,10,13,17H,3,6,9H2. The molecule has 1 N–H and O–H groups in total. The van der Waals surface area contributed by atoms with Gasteiger partial charge in [0.05, 0.1) is 12.4 Å². The highest BCUT2D eigenvalue weighted by atomic mass is 35.5. The molecule has 0 aliphatic carbocycles. The molecule has 0 radical (unpaired) electrons. The van der Waals surface area contributed by atoms with E-state index < -0.39 is 6.10 Å². The van der Waals surface area contributed by atoms with Crippen LogP contribution in [0.3, 0.4) is 0 Å². The summed E-state index contributed by atoms with van der Waals surface area (Å²) in [6.45, 7) is 0. The molecule has 1 atom stereocenters. The molecule has 0 aliphatic rings. The number of aryl methyl sites for hydroxylation is 1. The summed E-state index contributed by atoms with van der Waals surface area (Å²) in [7, 11) is 0. The van der Waals surface area contributed by atoms with Crippen molar-refractivity contribution in [3.8, 4) is 5.69 Å². The number of aliphatic hydroxyl groups is 1. The summed E-state index contributed by atoms with van der Waals surface area (Å²) in [5, 5.41) is 9.38. The lowest BCUT2D eigenvalue weighted by Crippen LogP contribution is -2.09. The Kier molecular flexibility index (Phi) is 4.18. The molecule has 90 valence electrons. The Hall–Kier alpha value is -1.32. The van der Waals surface area contributed by atoms with Gasteiger partial charge < -0.3 is 9.67 Å². The van der Waals surface area contributed by atoms with E-state index in [1.807, 2.05) is 22.9 Å². The lowest BCUT2D eigenvalue weighted by molar-refractivity contribution is 0.188. The van der Waals surface area contributed by atoms with Crippen LogP contribution in [0, 0.1) is 0 Å². The Morgan fingerprint density at radius 2 is 2.06 bits per heavy atom. The number of rotatable bonds is 5. The van der Waals surface area contributed by atoms with Crippen LogP contribution in [0.5, 0.6) is 0 Å². The second kappa shape index (κ2) is 5.84. The van der Waals surface area contributed by atoms with E-state index >= 15 is 0 Å². The molecule has 0 amide bonds. The fraction of sp³-hybridized carbons (Fsp3) is 0.308. The molecule has 2 aromatic rings. The quantitative estimate of drug-likeness (QED) is 0.828. The molecule has 0 saturated heterocycles. The van der Waals surface area contributed by atoms with Crippen LogP contribution in [-0.2, 0) is 6.42 Å². The molecule has 0 saturated carbocycles. The highest BCUT2D eigenvalue weighted by Gasteiger charge is 2.02. The first-order valence-corrected chi connectivity index (χ1v) is 6.14. The fourth-order valence-electron chi connectivity index (χ4n) is 1.66. The number of alkyl halides is 1. The van der Waals surface area contributed by atoms with Crippen LogP contribution < -0.4 is 0 Å². The summed E-state index contributed by atoms with van der Waals surface area (Å²) in [6.07, 6.45) is 6.57. The van der Waals surface area contributed by atoms with Crippen molar-refractivity contribution in [2.75, 3.05) is 5.88 Å². The van der Waals surface area contributed by atoms with Gasteiger partial charge in [-0.15, -0.1) is 11.6 Å². The van der Waals surface area contributed by atoms with E-state index in [1.165, 1.54) is 5.56 Å². The van der Waals surface area contributed by atoms with Gasteiger partial charge in [-0.25, -0.2) is 4.98 Å². The van der Waals surface area contributed by atoms with E-state index in [0.717, 1.165) is 12.1 Å². The number of halogens is 1. The van der Waals surface area contributed by atoms with Gasteiger partial charge in [-0.2, -0.15) is 0 Å². The van der Waals surface area contributed by atoms with Gasteiger partial charge >= 0.3 is 0 Å². The van der Waals surface area contributed by atoms with Gasteiger partial charge in [0.1, 0.15) is 0 Å². The van der Waals surface area contributed by atoms with Gasteiger partial charge in [0.25, 0.3) is 0 Å². The van der Waals surface area contributed by atoms with Gasteiger partial charge in [0.15, 0.2) is 0 Å². The Morgan fingerprint density at radius 3 is 2.65 bits per heavy atom. The van der Waals surface area contributed by atoms with Crippen LogP contribution in [0.4, 0.5) is 0 Å². The maximum atomic E-state index is 9.38. The average molecular weight is 251 g/mol. The summed E-state index contributed by atoms with van der Waals surface area (Å²) in [6, 6.07) is 8.22. The predicted octanol–water partition coefficient (Wildman–Crippen LogP) is 2.40. The Bertz CT molecular complexity index is 439. The minimum absolute atomic E-state index is 0.299. The second-order valence-corrected chi connectivity index (χ2v) is 4.29. The molecule has 0 aliphatic heterocycles. The van der Waals surface area contributed by atoms with E-state index in [2.05, 4.69) is 17.1 Å². The molecule has 3 nitrogen and oxygen atoms in total. The van der Waals surface area contributed by atoms with Crippen LogP contribution in [-0.4, -0.2) is 26.6 Å². The van der Waals surface area contributed by atoms with Gasteiger partial charge in [0.2, 0.25) is 0 Å². The molecule has 0 fully saturated rings. The zero-order valence-corrected chi connectivity index (χ0v) is 10.2. The normalized spacial score (nSPS) is 12.6. The molecule has 0 bridgehead atoms. The average Bonchev–Trinajstić information content (AvgIpc) is 2.90. The van der Waals surface area contributed by atoms with Crippen molar-refractivity contribution in [2.45, 2.75) is 18.9 Å². The first-order valence-electron chi connectivity index (χ1n) is 5.61. The van der Waals surface area contributed by atoms with Gasteiger partial charge in [-0.1, -0.05) is 12.1 Å².